The first-order chi connectivity index (χ1) is 10.5. The van der Waals surface area contributed by atoms with Crippen molar-refractivity contribution in [2.24, 2.45) is 11.7 Å². The van der Waals surface area contributed by atoms with Crippen LogP contribution in [0.2, 0.25) is 0 Å². The molecule has 1 saturated heterocycles. The molecule has 0 aliphatic carbocycles. The molecule has 1 fully saturated rings. The number of amides is 1. The minimum absolute atomic E-state index is 0.00975. The topological polar surface area (TPSA) is 89.5 Å². The Balaban J connectivity index is 2.29. The van der Waals surface area contributed by atoms with Crippen LogP contribution in [0.5, 0.6) is 0 Å². The summed E-state index contributed by atoms with van der Waals surface area (Å²) in [4.78, 5) is 25.7. The van der Waals surface area contributed by atoms with Crippen molar-refractivity contribution in [3.05, 3.63) is 33.9 Å². The van der Waals surface area contributed by atoms with E-state index in [1.54, 1.807) is 23.3 Å². The number of carbonyl (C=O) groups excluding carboxylic acids is 1. The van der Waals surface area contributed by atoms with E-state index < -0.39 is 4.92 Å². The number of hydrogen-bond acceptors (Lipinski definition) is 5. The molecule has 2 unspecified atom stereocenters. The minimum Gasteiger partial charge on any atom is -0.334 e. The zero-order valence-corrected chi connectivity index (χ0v) is 13.6. The molecule has 1 aliphatic heterocycles. The highest BCUT2D eigenvalue weighted by atomic mass is 32.2. The first kappa shape index (κ1) is 16.8. The number of nitrogens with two attached hydrogens (primary N) is 1. The zero-order valence-electron chi connectivity index (χ0n) is 12.8. The van der Waals surface area contributed by atoms with Crippen molar-refractivity contribution in [3.8, 4) is 0 Å². The minimum atomic E-state index is -0.443. The van der Waals surface area contributed by atoms with Crippen LogP contribution in [0.3, 0.4) is 0 Å². The van der Waals surface area contributed by atoms with Gasteiger partial charge in [-0.3, -0.25) is 14.9 Å². The molecule has 6 nitrogen and oxygen atoms in total. The SMILES string of the molecule is CSc1ccc(C(=O)N2CCC(C)CC2CN)cc1[N+](=O)[O-]. The highest BCUT2D eigenvalue weighted by Gasteiger charge is 2.30. The number of benzene rings is 1. The van der Waals surface area contributed by atoms with Crippen LogP contribution in [0.4, 0.5) is 5.69 Å². The third kappa shape index (κ3) is 3.41. The molecule has 2 atom stereocenters. The van der Waals surface area contributed by atoms with Gasteiger partial charge in [-0.15, -0.1) is 11.8 Å². The monoisotopic (exact) mass is 323 g/mol. The van der Waals surface area contributed by atoms with Crippen LogP contribution >= 0.6 is 11.8 Å². The molecule has 0 radical (unpaired) electrons. The molecule has 22 heavy (non-hydrogen) atoms. The Morgan fingerprint density at radius 2 is 2.27 bits per heavy atom. The lowest BCUT2D eigenvalue weighted by Crippen LogP contribution is -2.49. The van der Waals surface area contributed by atoms with E-state index in [-0.39, 0.29) is 17.6 Å². The molecule has 1 heterocycles. The van der Waals surface area contributed by atoms with E-state index in [4.69, 9.17) is 5.73 Å². The van der Waals surface area contributed by atoms with E-state index in [9.17, 15) is 14.9 Å². The molecule has 7 heteroatoms. The van der Waals surface area contributed by atoms with Crippen LogP contribution in [-0.2, 0) is 0 Å². The number of carbonyl (C=O) groups is 1. The number of piperidine rings is 1. The Morgan fingerprint density at radius 3 is 2.86 bits per heavy atom. The third-order valence-electron chi connectivity index (χ3n) is 4.13. The Kier molecular flexibility index (Phi) is 5.42. The van der Waals surface area contributed by atoms with Crippen LogP contribution in [0.25, 0.3) is 0 Å². The van der Waals surface area contributed by atoms with E-state index in [1.807, 2.05) is 0 Å². The molecule has 2 N–H and O–H groups in total. The number of nitrogens with zero attached hydrogens (tertiary/aromatic N) is 2. The van der Waals surface area contributed by atoms with E-state index in [0.717, 1.165) is 12.8 Å². The number of nitro benzene ring substituents is 1. The molecule has 0 aromatic heterocycles. The van der Waals surface area contributed by atoms with Gasteiger partial charge in [0, 0.05) is 30.8 Å². The summed E-state index contributed by atoms with van der Waals surface area (Å²) in [5, 5.41) is 11.1. The molecule has 1 aliphatic rings. The molecule has 0 saturated carbocycles. The molecule has 120 valence electrons. The fourth-order valence-electron chi connectivity index (χ4n) is 2.87. The molecule has 1 aromatic rings. The van der Waals surface area contributed by atoms with E-state index in [2.05, 4.69) is 6.92 Å². The van der Waals surface area contributed by atoms with Gasteiger partial charge in [0.25, 0.3) is 11.6 Å². The van der Waals surface area contributed by atoms with Gasteiger partial charge in [-0.2, -0.15) is 0 Å². The number of rotatable bonds is 4. The highest BCUT2D eigenvalue weighted by Crippen LogP contribution is 2.30. The fraction of sp³-hybridized carbons (Fsp3) is 0.533. The number of nitro groups is 1. The summed E-state index contributed by atoms with van der Waals surface area (Å²) >= 11 is 1.30. The molecule has 2 rings (SSSR count). The average molecular weight is 323 g/mol. The summed E-state index contributed by atoms with van der Waals surface area (Å²) in [6.07, 6.45) is 3.60. The van der Waals surface area contributed by atoms with Gasteiger partial charge in [-0.1, -0.05) is 6.92 Å². The number of hydrogen-bond donors (Lipinski definition) is 1. The van der Waals surface area contributed by atoms with Crippen LogP contribution in [0.1, 0.15) is 30.1 Å². The number of thioether (sulfide) groups is 1. The van der Waals surface area contributed by atoms with Crippen LogP contribution in [0.15, 0.2) is 23.1 Å². The lowest BCUT2D eigenvalue weighted by atomic mass is 9.92. The van der Waals surface area contributed by atoms with Crippen molar-refractivity contribution in [2.45, 2.75) is 30.7 Å². The van der Waals surface area contributed by atoms with Crippen molar-refractivity contribution >= 4 is 23.4 Å². The Bertz CT molecular complexity index is 579. The summed E-state index contributed by atoms with van der Waals surface area (Å²) in [7, 11) is 0. The molecular weight excluding hydrogens is 302 g/mol. The van der Waals surface area contributed by atoms with Crippen molar-refractivity contribution in [2.75, 3.05) is 19.3 Å². The Labute approximate surface area is 134 Å². The quantitative estimate of drug-likeness (QED) is 0.522. The standard InChI is InChI=1S/C15H21N3O3S/c1-10-5-6-17(12(7-10)9-16)15(19)11-3-4-14(22-2)13(8-11)18(20)21/h3-4,8,10,12H,5-7,9,16H2,1-2H3. The second-order valence-corrected chi connectivity index (χ2v) is 6.51. The summed E-state index contributed by atoms with van der Waals surface area (Å²) in [6, 6.07) is 4.68. The van der Waals surface area contributed by atoms with Crippen molar-refractivity contribution in [1.82, 2.24) is 4.90 Å². The van der Waals surface area contributed by atoms with Crippen molar-refractivity contribution in [3.63, 3.8) is 0 Å². The van der Waals surface area contributed by atoms with Gasteiger partial charge in [0.05, 0.1) is 9.82 Å². The predicted molar refractivity (Wildman–Crippen MR) is 87.2 cm³/mol. The van der Waals surface area contributed by atoms with Crippen LogP contribution in [-0.4, -0.2) is 41.1 Å². The maximum Gasteiger partial charge on any atom is 0.283 e. The Morgan fingerprint density at radius 1 is 1.55 bits per heavy atom. The Hall–Kier alpha value is -1.60. The predicted octanol–water partition coefficient (Wildman–Crippen LogP) is 2.52. The molecule has 1 amide bonds. The van der Waals surface area contributed by atoms with Crippen LogP contribution in [0, 0.1) is 16.0 Å². The molecule has 0 bridgehead atoms. The van der Waals surface area contributed by atoms with E-state index in [1.165, 1.54) is 17.8 Å². The van der Waals surface area contributed by atoms with Gasteiger partial charge in [-0.25, -0.2) is 0 Å². The second kappa shape index (κ2) is 7.11. The summed E-state index contributed by atoms with van der Waals surface area (Å²) in [5.41, 5.74) is 6.13. The average Bonchev–Trinajstić information content (AvgIpc) is 2.53. The first-order valence-electron chi connectivity index (χ1n) is 7.31. The maximum atomic E-state index is 12.7. The fourth-order valence-corrected chi connectivity index (χ4v) is 3.42. The number of likely N-dealkylation sites (tertiary alicyclic amines) is 1. The van der Waals surface area contributed by atoms with Crippen LogP contribution < -0.4 is 5.73 Å². The largest absolute Gasteiger partial charge is 0.334 e. The summed E-state index contributed by atoms with van der Waals surface area (Å²) < 4.78 is 0. The molecule has 1 aromatic carbocycles. The third-order valence-corrected chi connectivity index (χ3v) is 4.92. The normalized spacial score (nSPS) is 21.7. The first-order valence-corrected chi connectivity index (χ1v) is 8.53. The molecular formula is C15H21N3O3S. The van der Waals surface area contributed by atoms with E-state index in [0.29, 0.717) is 29.5 Å². The summed E-state index contributed by atoms with van der Waals surface area (Å²) in [6.45, 7) is 3.23. The van der Waals surface area contributed by atoms with Gasteiger partial charge in [0.15, 0.2) is 0 Å². The van der Waals surface area contributed by atoms with E-state index >= 15 is 0 Å². The highest BCUT2D eigenvalue weighted by molar-refractivity contribution is 7.98. The lowest BCUT2D eigenvalue weighted by Gasteiger charge is -2.38. The van der Waals surface area contributed by atoms with Gasteiger partial charge >= 0.3 is 0 Å². The summed E-state index contributed by atoms with van der Waals surface area (Å²) in [5.74, 6) is 0.379. The van der Waals surface area contributed by atoms with Gasteiger partial charge < -0.3 is 10.6 Å². The van der Waals surface area contributed by atoms with Crippen molar-refractivity contribution < 1.29 is 9.72 Å². The maximum absolute atomic E-state index is 12.7. The second-order valence-electron chi connectivity index (χ2n) is 5.66. The molecule has 0 spiro atoms. The van der Waals surface area contributed by atoms with Gasteiger partial charge in [-0.05, 0) is 37.1 Å². The lowest BCUT2D eigenvalue weighted by molar-refractivity contribution is -0.387. The zero-order chi connectivity index (χ0) is 16.3. The van der Waals surface area contributed by atoms with Crippen molar-refractivity contribution in [1.29, 1.82) is 0 Å². The smallest absolute Gasteiger partial charge is 0.283 e. The van der Waals surface area contributed by atoms with Gasteiger partial charge in [0.1, 0.15) is 0 Å². The van der Waals surface area contributed by atoms with Gasteiger partial charge in [0.2, 0.25) is 0 Å².